The van der Waals surface area contributed by atoms with E-state index in [0.717, 1.165) is 24.2 Å². The molecule has 4 rings (SSSR count). The second-order valence-corrected chi connectivity index (χ2v) is 6.55. The van der Waals surface area contributed by atoms with Gasteiger partial charge in [0.05, 0.1) is 12.1 Å². The van der Waals surface area contributed by atoms with Crippen molar-refractivity contribution in [3.63, 3.8) is 0 Å². The number of carbonyl (C=O) groups is 2. The molecule has 25 heavy (non-hydrogen) atoms. The SMILES string of the molecule is CN1C(=O)COc2ccc(CC(=O)N3CCc4ccccc4C3)cc21. The number of nitrogens with zero attached hydrogens (tertiary/aromatic N) is 2. The van der Waals surface area contributed by atoms with Crippen LogP contribution in [0.1, 0.15) is 16.7 Å². The lowest BCUT2D eigenvalue weighted by Crippen LogP contribution is -2.37. The van der Waals surface area contributed by atoms with Crippen molar-refractivity contribution in [3.8, 4) is 5.75 Å². The van der Waals surface area contributed by atoms with Crippen LogP contribution in [0.5, 0.6) is 5.75 Å². The lowest BCUT2D eigenvalue weighted by molar-refractivity contribution is -0.131. The van der Waals surface area contributed by atoms with Crippen LogP contribution in [-0.2, 0) is 29.0 Å². The number of carbonyl (C=O) groups excluding carboxylic acids is 2. The van der Waals surface area contributed by atoms with Crippen molar-refractivity contribution >= 4 is 17.5 Å². The van der Waals surface area contributed by atoms with E-state index in [4.69, 9.17) is 4.74 Å². The van der Waals surface area contributed by atoms with E-state index in [2.05, 4.69) is 12.1 Å². The zero-order valence-corrected chi connectivity index (χ0v) is 14.2. The number of rotatable bonds is 2. The van der Waals surface area contributed by atoms with E-state index in [1.807, 2.05) is 35.2 Å². The molecule has 2 aromatic carbocycles. The summed E-state index contributed by atoms with van der Waals surface area (Å²) in [5.74, 6) is 0.717. The van der Waals surface area contributed by atoms with Gasteiger partial charge < -0.3 is 14.5 Å². The van der Waals surface area contributed by atoms with Crippen LogP contribution in [0.3, 0.4) is 0 Å². The fraction of sp³-hybridized carbons (Fsp3) is 0.300. The fourth-order valence-electron chi connectivity index (χ4n) is 3.42. The molecule has 0 saturated heterocycles. The number of amides is 2. The lowest BCUT2D eigenvalue weighted by atomic mass is 9.99. The highest BCUT2D eigenvalue weighted by molar-refractivity contribution is 5.97. The Hall–Kier alpha value is -2.82. The molecule has 0 fully saturated rings. The highest BCUT2D eigenvalue weighted by Gasteiger charge is 2.24. The van der Waals surface area contributed by atoms with Crippen LogP contribution >= 0.6 is 0 Å². The summed E-state index contributed by atoms with van der Waals surface area (Å²) in [5, 5.41) is 0. The summed E-state index contributed by atoms with van der Waals surface area (Å²) in [4.78, 5) is 28.0. The number of hydrogen-bond donors (Lipinski definition) is 0. The van der Waals surface area contributed by atoms with Crippen molar-refractivity contribution in [1.29, 1.82) is 0 Å². The summed E-state index contributed by atoms with van der Waals surface area (Å²) in [6, 6.07) is 13.9. The van der Waals surface area contributed by atoms with Crippen LogP contribution in [0.2, 0.25) is 0 Å². The van der Waals surface area contributed by atoms with Gasteiger partial charge in [-0.15, -0.1) is 0 Å². The maximum atomic E-state index is 12.7. The molecule has 0 unspecified atom stereocenters. The zero-order chi connectivity index (χ0) is 17.4. The van der Waals surface area contributed by atoms with Gasteiger partial charge >= 0.3 is 0 Å². The standard InChI is InChI=1S/C20H20N2O3/c1-21-17-10-14(6-7-18(17)25-13-20(21)24)11-19(23)22-9-8-15-4-2-3-5-16(15)12-22/h2-7,10H,8-9,11-13H2,1H3. The van der Waals surface area contributed by atoms with Crippen molar-refractivity contribution < 1.29 is 14.3 Å². The lowest BCUT2D eigenvalue weighted by Gasteiger charge is -2.29. The number of anilines is 1. The average Bonchev–Trinajstić information content (AvgIpc) is 2.64. The Labute approximate surface area is 146 Å². The van der Waals surface area contributed by atoms with Crippen LogP contribution in [0.25, 0.3) is 0 Å². The van der Waals surface area contributed by atoms with E-state index >= 15 is 0 Å². The molecule has 2 amide bonds. The molecular formula is C20H20N2O3. The minimum absolute atomic E-state index is 0.0644. The predicted octanol–water partition coefficient (Wildman–Crippen LogP) is 2.17. The molecular weight excluding hydrogens is 316 g/mol. The van der Waals surface area contributed by atoms with Gasteiger partial charge in [0.15, 0.2) is 6.61 Å². The first-order valence-corrected chi connectivity index (χ1v) is 8.48. The maximum absolute atomic E-state index is 12.7. The molecule has 2 heterocycles. The highest BCUT2D eigenvalue weighted by Crippen LogP contribution is 2.32. The van der Waals surface area contributed by atoms with Gasteiger partial charge in [-0.05, 0) is 35.2 Å². The number of fused-ring (bicyclic) bond motifs is 2. The van der Waals surface area contributed by atoms with Gasteiger partial charge in [0, 0.05) is 20.1 Å². The number of benzene rings is 2. The molecule has 128 valence electrons. The van der Waals surface area contributed by atoms with Gasteiger partial charge in [-0.1, -0.05) is 30.3 Å². The third kappa shape index (κ3) is 2.97. The molecule has 2 aromatic rings. The quantitative estimate of drug-likeness (QED) is 0.844. The van der Waals surface area contributed by atoms with E-state index in [-0.39, 0.29) is 18.4 Å². The van der Waals surface area contributed by atoms with Crippen LogP contribution in [0, 0.1) is 0 Å². The maximum Gasteiger partial charge on any atom is 0.264 e. The predicted molar refractivity (Wildman–Crippen MR) is 94.6 cm³/mol. The first kappa shape index (κ1) is 15.7. The third-order valence-corrected chi connectivity index (χ3v) is 4.95. The van der Waals surface area contributed by atoms with E-state index in [0.29, 0.717) is 18.7 Å². The Morgan fingerprint density at radius 1 is 1.16 bits per heavy atom. The van der Waals surface area contributed by atoms with E-state index < -0.39 is 0 Å². The highest BCUT2D eigenvalue weighted by atomic mass is 16.5. The molecule has 2 aliphatic rings. The van der Waals surface area contributed by atoms with Gasteiger partial charge in [-0.2, -0.15) is 0 Å². The summed E-state index contributed by atoms with van der Waals surface area (Å²) in [5.41, 5.74) is 4.18. The molecule has 0 N–H and O–H groups in total. The first-order chi connectivity index (χ1) is 12.1. The molecule has 2 aliphatic heterocycles. The second-order valence-electron chi connectivity index (χ2n) is 6.55. The largest absolute Gasteiger partial charge is 0.482 e. The van der Waals surface area contributed by atoms with Crippen molar-refractivity contribution in [2.45, 2.75) is 19.4 Å². The minimum atomic E-state index is -0.0800. The number of likely N-dealkylation sites (N-methyl/N-ethyl adjacent to an activating group) is 1. The van der Waals surface area contributed by atoms with Gasteiger partial charge in [-0.25, -0.2) is 0 Å². The third-order valence-electron chi connectivity index (χ3n) is 4.95. The van der Waals surface area contributed by atoms with Gasteiger partial charge in [-0.3, -0.25) is 9.59 Å². The molecule has 0 spiro atoms. The Morgan fingerprint density at radius 2 is 1.96 bits per heavy atom. The number of hydrogen-bond acceptors (Lipinski definition) is 3. The monoisotopic (exact) mass is 336 g/mol. The van der Waals surface area contributed by atoms with Gasteiger partial charge in [0.1, 0.15) is 5.75 Å². The molecule has 5 nitrogen and oxygen atoms in total. The summed E-state index contributed by atoms with van der Waals surface area (Å²) < 4.78 is 5.43. The van der Waals surface area contributed by atoms with Crippen molar-refractivity contribution in [1.82, 2.24) is 4.90 Å². The van der Waals surface area contributed by atoms with Crippen LogP contribution in [-0.4, -0.2) is 36.9 Å². The summed E-state index contributed by atoms with van der Waals surface area (Å²) in [7, 11) is 1.73. The summed E-state index contributed by atoms with van der Waals surface area (Å²) >= 11 is 0. The summed E-state index contributed by atoms with van der Waals surface area (Å²) in [6.07, 6.45) is 1.23. The zero-order valence-electron chi connectivity index (χ0n) is 14.2. The Morgan fingerprint density at radius 3 is 2.80 bits per heavy atom. The fourth-order valence-corrected chi connectivity index (χ4v) is 3.42. The first-order valence-electron chi connectivity index (χ1n) is 8.48. The Balaban J connectivity index is 1.49. The Kier molecular flexibility index (Phi) is 3.92. The Bertz CT molecular complexity index is 847. The van der Waals surface area contributed by atoms with E-state index in [1.165, 1.54) is 11.1 Å². The molecule has 0 atom stereocenters. The van der Waals surface area contributed by atoms with Crippen LogP contribution in [0.4, 0.5) is 5.69 Å². The second kappa shape index (κ2) is 6.24. The molecule has 0 aliphatic carbocycles. The van der Waals surface area contributed by atoms with Crippen LogP contribution in [0.15, 0.2) is 42.5 Å². The molecule has 0 radical (unpaired) electrons. The van der Waals surface area contributed by atoms with Gasteiger partial charge in [0.2, 0.25) is 5.91 Å². The van der Waals surface area contributed by atoms with Crippen LogP contribution < -0.4 is 9.64 Å². The smallest absolute Gasteiger partial charge is 0.264 e. The number of ether oxygens (including phenoxy) is 1. The minimum Gasteiger partial charge on any atom is -0.482 e. The molecule has 5 heteroatoms. The summed E-state index contributed by atoms with van der Waals surface area (Å²) in [6.45, 7) is 1.48. The van der Waals surface area contributed by atoms with E-state index in [9.17, 15) is 9.59 Å². The molecule has 0 saturated carbocycles. The van der Waals surface area contributed by atoms with Crippen molar-refractivity contribution in [3.05, 3.63) is 59.2 Å². The average molecular weight is 336 g/mol. The van der Waals surface area contributed by atoms with Crippen molar-refractivity contribution in [2.24, 2.45) is 0 Å². The normalized spacial score (nSPS) is 16.1. The van der Waals surface area contributed by atoms with E-state index in [1.54, 1.807) is 11.9 Å². The molecule has 0 aromatic heterocycles. The molecule has 0 bridgehead atoms. The topological polar surface area (TPSA) is 49.9 Å². The van der Waals surface area contributed by atoms with Crippen molar-refractivity contribution in [2.75, 3.05) is 25.1 Å². The van der Waals surface area contributed by atoms with Gasteiger partial charge in [0.25, 0.3) is 5.91 Å².